The molecule has 0 radical (unpaired) electrons. The van der Waals surface area contributed by atoms with Crippen LogP contribution in [-0.4, -0.2) is 59.3 Å². The lowest BCUT2D eigenvalue weighted by molar-refractivity contribution is 0.103. The van der Waals surface area contributed by atoms with Crippen molar-refractivity contribution in [2.45, 2.75) is 51.2 Å². The summed E-state index contributed by atoms with van der Waals surface area (Å²) >= 11 is 0. The standard InChI is InChI=1S/C25H28F2N4O3/c1-3-16-19(26)7-6-13-9-15(33)10-17(20(13)16)22-21(27)23-18(11-28-22)24(30-25(29-23)34-2)31-8-4-5-14(32)12-31/h9-11,14,23,28,32-33H,3-8,12H2,1-2H3. The number of halogens is 2. The Balaban J connectivity index is 1.60. The lowest BCUT2D eigenvalue weighted by Gasteiger charge is -2.37. The second-order valence-electron chi connectivity index (χ2n) is 8.93. The fourth-order valence-electron chi connectivity index (χ4n) is 5.22. The van der Waals surface area contributed by atoms with Gasteiger partial charge in [-0.1, -0.05) is 6.92 Å². The summed E-state index contributed by atoms with van der Waals surface area (Å²) < 4.78 is 36.1. The molecule has 0 amide bonds. The van der Waals surface area contributed by atoms with Crippen molar-refractivity contribution in [1.82, 2.24) is 10.2 Å². The van der Waals surface area contributed by atoms with Crippen LogP contribution in [0.1, 0.15) is 49.3 Å². The molecule has 7 nitrogen and oxygen atoms in total. The Morgan fingerprint density at radius 1 is 1.26 bits per heavy atom. The average Bonchev–Trinajstić information content (AvgIpc) is 2.83. The summed E-state index contributed by atoms with van der Waals surface area (Å²) in [5.74, 6) is -0.259. The van der Waals surface area contributed by atoms with Gasteiger partial charge < -0.3 is 25.2 Å². The molecule has 2 atom stereocenters. The number of nitrogens with zero attached hydrogens (tertiary/aromatic N) is 3. The Hall–Kier alpha value is -3.20. The number of allylic oxidation sites excluding steroid dienone is 2. The third-order valence-corrected chi connectivity index (χ3v) is 6.79. The highest BCUT2D eigenvalue weighted by atomic mass is 19.1. The molecule has 0 bridgehead atoms. The maximum absolute atomic E-state index is 16.1. The second kappa shape index (κ2) is 8.87. The second-order valence-corrected chi connectivity index (χ2v) is 8.93. The summed E-state index contributed by atoms with van der Waals surface area (Å²) in [5.41, 5.74) is 3.02. The monoisotopic (exact) mass is 470 g/mol. The Morgan fingerprint density at radius 2 is 2.09 bits per heavy atom. The zero-order valence-corrected chi connectivity index (χ0v) is 19.2. The first-order chi connectivity index (χ1) is 16.4. The molecule has 3 N–H and O–H groups in total. The van der Waals surface area contributed by atoms with Gasteiger partial charge in [0.25, 0.3) is 0 Å². The molecule has 0 saturated carbocycles. The molecule has 9 heteroatoms. The van der Waals surface area contributed by atoms with Crippen molar-refractivity contribution in [2.24, 2.45) is 9.98 Å². The summed E-state index contributed by atoms with van der Waals surface area (Å²) in [4.78, 5) is 10.7. The van der Waals surface area contributed by atoms with Crippen molar-refractivity contribution in [2.75, 3.05) is 20.2 Å². The zero-order valence-electron chi connectivity index (χ0n) is 19.2. The molecule has 3 heterocycles. The molecule has 180 valence electrons. The fourth-order valence-corrected chi connectivity index (χ4v) is 5.22. The van der Waals surface area contributed by atoms with Gasteiger partial charge in [0.1, 0.15) is 23.5 Å². The van der Waals surface area contributed by atoms with E-state index in [1.807, 2.05) is 11.8 Å². The summed E-state index contributed by atoms with van der Waals surface area (Å²) in [6.45, 7) is 2.94. The lowest BCUT2D eigenvalue weighted by Crippen LogP contribution is -2.47. The molecule has 1 aromatic carbocycles. The van der Waals surface area contributed by atoms with Gasteiger partial charge >= 0.3 is 6.02 Å². The van der Waals surface area contributed by atoms with E-state index in [1.165, 1.54) is 13.2 Å². The molecular weight excluding hydrogens is 442 g/mol. The maximum Gasteiger partial charge on any atom is 0.314 e. The predicted octanol–water partition coefficient (Wildman–Crippen LogP) is 3.79. The van der Waals surface area contributed by atoms with Crippen LogP contribution in [0.2, 0.25) is 0 Å². The third kappa shape index (κ3) is 3.77. The largest absolute Gasteiger partial charge is 0.508 e. The third-order valence-electron chi connectivity index (χ3n) is 6.79. The minimum absolute atomic E-state index is 0.00216. The molecule has 34 heavy (non-hydrogen) atoms. The first-order valence-corrected chi connectivity index (χ1v) is 11.7. The zero-order chi connectivity index (χ0) is 24.0. The van der Waals surface area contributed by atoms with Gasteiger partial charge in [0.05, 0.1) is 18.9 Å². The minimum Gasteiger partial charge on any atom is -0.508 e. The highest BCUT2D eigenvalue weighted by Crippen LogP contribution is 2.43. The van der Waals surface area contributed by atoms with Crippen LogP contribution >= 0.6 is 0 Å². The molecule has 3 aliphatic heterocycles. The van der Waals surface area contributed by atoms with Gasteiger partial charge in [-0.15, -0.1) is 0 Å². The fraction of sp³-hybridized carbons (Fsp3) is 0.440. The minimum atomic E-state index is -1.00. The number of phenols is 1. The quantitative estimate of drug-likeness (QED) is 0.612. The molecule has 1 saturated heterocycles. The van der Waals surface area contributed by atoms with E-state index < -0.39 is 18.0 Å². The molecule has 5 rings (SSSR count). The van der Waals surface area contributed by atoms with E-state index in [2.05, 4.69) is 15.3 Å². The number of aryl methyl sites for hydroxylation is 1. The number of aliphatic hydroxyl groups is 1. The van der Waals surface area contributed by atoms with E-state index in [-0.39, 0.29) is 29.7 Å². The van der Waals surface area contributed by atoms with Crippen LogP contribution in [0.25, 0.3) is 11.3 Å². The van der Waals surface area contributed by atoms with Crippen molar-refractivity contribution in [1.29, 1.82) is 0 Å². The topological polar surface area (TPSA) is 89.7 Å². The number of β-amino-alcohol motifs (C(OH)–C–C–N with tert-alkyl or cyclic N) is 1. The number of nitrogens with one attached hydrogen (secondary N) is 1. The number of rotatable bonds is 2. The summed E-state index contributed by atoms with van der Waals surface area (Å²) in [6, 6.07) is 2.13. The number of dihydropyridines is 1. The van der Waals surface area contributed by atoms with E-state index in [1.54, 1.807) is 12.3 Å². The smallest absolute Gasteiger partial charge is 0.314 e. The molecule has 0 spiro atoms. The normalized spacial score (nSPS) is 24.6. The lowest BCUT2D eigenvalue weighted by atomic mass is 9.83. The number of likely N-dealkylation sites (tertiary alicyclic amines) is 1. The molecule has 4 aliphatic rings. The molecule has 1 aromatic rings. The van der Waals surface area contributed by atoms with Crippen molar-refractivity contribution in [3.8, 4) is 5.75 Å². The maximum atomic E-state index is 16.1. The highest BCUT2D eigenvalue weighted by Gasteiger charge is 2.38. The van der Waals surface area contributed by atoms with Gasteiger partial charge in [0.2, 0.25) is 0 Å². The van der Waals surface area contributed by atoms with Gasteiger partial charge in [-0.3, -0.25) is 0 Å². The van der Waals surface area contributed by atoms with Gasteiger partial charge in [-0.2, -0.15) is 4.99 Å². The van der Waals surface area contributed by atoms with Crippen molar-refractivity contribution in [3.05, 3.63) is 52.2 Å². The summed E-state index contributed by atoms with van der Waals surface area (Å²) in [5, 5.41) is 23.6. The van der Waals surface area contributed by atoms with Crippen LogP contribution in [0.3, 0.4) is 0 Å². The Morgan fingerprint density at radius 3 is 2.82 bits per heavy atom. The Kier molecular flexibility index (Phi) is 5.89. The van der Waals surface area contributed by atoms with Crippen molar-refractivity contribution in [3.63, 3.8) is 0 Å². The first-order valence-electron chi connectivity index (χ1n) is 11.7. The van der Waals surface area contributed by atoms with Gasteiger partial charge in [-0.25, -0.2) is 13.8 Å². The molecule has 2 unspecified atom stereocenters. The van der Waals surface area contributed by atoms with Gasteiger partial charge in [0, 0.05) is 36.8 Å². The van der Waals surface area contributed by atoms with Crippen LogP contribution in [0, 0.1) is 0 Å². The average molecular weight is 471 g/mol. The number of piperidine rings is 1. The molecular formula is C25H28F2N4O3. The number of aliphatic hydroxyl groups excluding tert-OH is 1. The van der Waals surface area contributed by atoms with E-state index >= 15 is 4.39 Å². The summed E-state index contributed by atoms with van der Waals surface area (Å²) in [6.07, 6.45) is 3.83. The Bertz CT molecular complexity index is 1180. The SMILES string of the molecule is CCC1=C(F)CCc2cc(O)cc(C3=C(F)C4N=C(OC)N=C(N5CCCC(O)C5)C4=CN3)c21. The summed E-state index contributed by atoms with van der Waals surface area (Å²) in [7, 11) is 1.43. The first kappa shape index (κ1) is 22.6. The van der Waals surface area contributed by atoms with E-state index in [0.29, 0.717) is 60.5 Å². The van der Waals surface area contributed by atoms with Crippen LogP contribution < -0.4 is 5.32 Å². The van der Waals surface area contributed by atoms with Crippen LogP contribution in [-0.2, 0) is 11.2 Å². The van der Waals surface area contributed by atoms with Crippen LogP contribution in [0.15, 0.2) is 45.5 Å². The number of aliphatic imine (C=N–C) groups is 2. The highest BCUT2D eigenvalue weighted by molar-refractivity contribution is 6.08. The number of ether oxygens (including phenoxy) is 1. The number of hydrogen-bond acceptors (Lipinski definition) is 7. The number of fused-ring (bicyclic) bond motifs is 2. The van der Waals surface area contributed by atoms with E-state index in [4.69, 9.17) is 4.74 Å². The molecule has 1 aliphatic carbocycles. The van der Waals surface area contributed by atoms with E-state index in [0.717, 1.165) is 12.0 Å². The Labute approximate surface area is 196 Å². The molecule has 0 aromatic heterocycles. The predicted molar refractivity (Wildman–Crippen MR) is 126 cm³/mol. The van der Waals surface area contributed by atoms with Gasteiger partial charge in [0.15, 0.2) is 5.83 Å². The van der Waals surface area contributed by atoms with Crippen molar-refractivity contribution < 1.29 is 23.7 Å². The number of amidine groups is 2. The number of benzene rings is 1. The number of hydrogen-bond donors (Lipinski definition) is 3. The van der Waals surface area contributed by atoms with E-state index in [9.17, 15) is 14.6 Å². The van der Waals surface area contributed by atoms with Gasteiger partial charge in [-0.05, 0) is 54.5 Å². The van der Waals surface area contributed by atoms with Crippen molar-refractivity contribution >= 4 is 23.1 Å². The molecule has 1 fully saturated rings. The number of aromatic hydroxyl groups is 1. The van der Waals surface area contributed by atoms with Crippen LogP contribution in [0.5, 0.6) is 5.75 Å². The number of phenolic OH excluding ortho intramolecular Hbond substituents is 1. The van der Waals surface area contributed by atoms with Crippen LogP contribution in [0.4, 0.5) is 8.78 Å². The number of methoxy groups -OCH3 is 1.